The van der Waals surface area contributed by atoms with Crippen molar-refractivity contribution in [3.63, 3.8) is 0 Å². The third-order valence-corrected chi connectivity index (χ3v) is 2.93. The molecule has 1 N–H and O–H groups in total. The second kappa shape index (κ2) is 6.02. The first-order chi connectivity index (χ1) is 9.63. The average Bonchev–Trinajstić information content (AvgIpc) is 2.45. The average molecular weight is 268 g/mol. The van der Waals surface area contributed by atoms with Crippen molar-refractivity contribution in [2.45, 2.75) is 20.4 Å². The largest absolute Gasteiger partial charge is 0.481 e. The minimum absolute atomic E-state index is 0.576. The van der Waals surface area contributed by atoms with Gasteiger partial charge in [-0.25, -0.2) is 4.98 Å². The lowest BCUT2D eigenvalue weighted by atomic mass is 10.1. The van der Waals surface area contributed by atoms with E-state index < -0.39 is 0 Å². The number of rotatable bonds is 4. The van der Waals surface area contributed by atoms with Crippen LogP contribution in [0.4, 0.5) is 5.69 Å². The minimum atomic E-state index is 0.576. The highest BCUT2D eigenvalue weighted by Crippen LogP contribution is 2.20. The molecule has 0 bridgehead atoms. The molecular formula is C15H16N4O. The molecule has 20 heavy (non-hydrogen) atoms. The van der Waals surface area contributed by atoms with E-state index in [2.05, 4.69) is 21.4 Å². The Labute approximate surface area is 118 Å². The molecule has 2 heterocycles. The molecule has 2 rings (SSSR count). The Kier molecular flexibility index (Phi) is 4.16. The van der Waals surface area contributed by atoms with Crippen LogP contribution in [0.1, 0.15) is 22.5 Å². The fourth-order valence-electron chi connectivity index (χ4n) is 1.98. The predicted molar refractivity (Wildman–Crippen MR) is 76.5 cm³/mol. The van der Waals surface area contributed by atoms with Gasteiger partial charge in [-0.2, -0.15) is 5.26 Å². The van der Waals surface area contributed by atoms with Gasteiger partial charge in [0.2, 0.25) is 5.88 Å². The first-order valence-electron chi connectivity index (χ1n) is 6.25. The van der Waals surface area contributed by atoms with Crippen LogP contribution in [0.5, 0.6) is 5.88 Å². The highest BCUT2D eigenvalue weighted by atomic mass is 16.5. The number of hydrogen-bond acceptors (Lipinski definition) is 5. The summed E-state index contributed by atoms with van der Waals surface area (Å²) in [4.78, 5) is 8.36. The summed E-state index contributed by atoms with van der Waals surface area (Å²) in [5, 5.41) is 12.5. The summed E-state index contributed by atoms with van der Waals surface area (Å²) in [5.41, 5.74) is 4.04. The molecule has 2 aromatic heterocycles. The smallest absolute Gasteiger partial charge is 0.213 e. The van der Waals surface area contributed by atoms with Crippen molar-refractivity contribution in [3.8, 4) is 11.9 Å². The standard InChI is InChI=1S/C15H16N4O/c1-10-6-14(13(8-16)11(2)19-10)18-9-12-4-5-17-15(7-12)20-3/h4-7H,9H2,1-3H3,(H,18,19). The lowest BCUT2D eigenvalue weighted by Crippen LogP contribution is -2.05. The third kappa shape index (κ3) is 3.04. The molecule has 0 aromatic carbocycles. The van der Waals surface area contributed by atoms with Crippen molar-refractivity contribution < 1.29 is 4.74 Å². The maximum Gasteiger partial charge on any atom is 0.213 e. The molecule has 0 saturated carbocycles. The number of aryl methyl sites for hydroxylation is 2. The van der Waals surface area contributed by atoms with Gasteiger partial charge in [-0.1, -0.05) is 0 Å². The van der Waals surface area contributed by atoms with Crippen LogP contribution in [0.2, 0.25) is 0 Å². The number of ether oxygens (including phenoxy) is 1. The van der Waals surface area contributed by atoms with Crippen molar-refractivity contribution in [2.24, 2.45) is 0 Å². The lowest BCUT2D eigenvalue weighted by Gasteiger charge is -2.11. The van der Waals surface area contributed by atoms with Gasteiger partial charge in [0.1, 0.15) is 6.07 Å². The predicted octanol–water partition coefficient (Wildman–Crippen LogP) is 2.59. The van der Waals surface area contributed by atoms with Crippen LogP contribution in [0, 0.1) is 25.2 Å². The van der Waals surface area contributed by atoms with E-state index in [1.54, 1.807) is 13.3 Å². The Bertz CT molecular complexity index is 661. The van der Waals surface area contributed by atoms with E-state index in [0.717, 1.165) is 22.6 Å². The van der Waals surface area contributed by atoms with Crippen LogP contribution in [-0.2, 0) is 6.54 Å². The number of nitrogens with zero attached hydrogens (tertiary/aromatic N) is 3. The van der Waals surface area contributed by atoms with Crippen molar-refractivity contribution in [2.75, 3.05) is 12.4 Å². The fraction of sp³-hybridized carbons (Fsp3) is 0.267. The zero-order chi connectivity index (χ0) is 14.5. The quantitative estimate of drug-likeness (QED) is 0.922. The molecule has 5 nitrogen and oxygen atoms in total. The number of hydrogen-bond donors (Lipinski definition) is 1. The second-order valence-corrected chi connectivity index (χ2v) is 4.44. The Hall–Kier alpha value is -2.61. The molecule has 102 valence electrons. The van der Waals surface area contributed by atoms with E-state index in [-0.39, 0.29) is 0 Å². The van der Waals surface area contributed by atoms with E-state index in [9.17, 15) is 5.26 Å². The summed E-state index contributed by atoms with van der Waals surface area (Å²) in [6.45, 7) is 4.34. The first kappa shape index (κ1) is 13.8. The lowest BCUT2D eigenvalue weighted by molar-refractivity contribution is 0.397. The van der Waals surface area contributed by atoms with Gasteiger partial charge in [0.15, 0.2) is 0 Å². The molecule has 2 aromatic rings. The van der Waals surface area contributed by atoms with E-state index in [0.29, 0.717) is 18.0 Å². The van der Waals surface area contributed by atoms with E-state index in [1.165, 1.54) is 0 Å². The van der Waals surface area contributed by atoms with Crippen LogP contribution >= 0.6 is 0 Å². The summed E-state index contributed by atoms with van der Waals surface area (Å²) in [6.07, 6.45) is 1.70. The van der Waals surface area contributed by atoms with Gasteiger partial charge in [0, 0.05) is 24.5 Å². The zero-order valence-corrected chi connectivity index (χ0v) is 11.8. The molecule has 0 spiro atoms. The normalized spacial score (nSPS) is 9.90. The van der Waals surface area contributed by atoms with E-state index in [4.69, 9.17) is 4.74 Å². The highest BCUT2D eigenvalue weighted by Gasteiger charge is 2.08. The Morgan fingerprint density at radius 3 is 2.85 bits per heavy atom. The summed E-state index contributed by atoms with van der Waals surface area (Å²) in [7, 11) is 1.59. The molecule has 0 aliphatic rings. The number of aromatic nitrogens is 2. The molecule has 0 radical (unpaired) electrons. The van der Waals surface area contributed by atoms with Gasteiger partial charge in [-0.3, -0.25) is 4.98 Å². The topological polar surface area (TPSA) is 70.8 Å². The SMILES string of the molecule is COc1cc(CNc2cc(C)nc(C)c2C#N)ccn1. The van der Waals surface area contributed by atoms with Gasteiger partial charge >= 0.3 is 0 Å². The molecule has 5 heteroatoms. The summed E-state index contributed by atoms with van der Waals surface area (Å²) < 4.78 is 5.09. The third-order valence-electron chi connectivity index (χ3n) is 2.93. The van der Waals surface area contributed by atoms with Crippen LogP contribution < -0.4 is 10.1 Å². The molecule has 0 amide bonds. The number of methoxy groups -OCH3 is 1. The molecule has 0 saturated heterocycles. The van der Waals surface area contributed by atoms with Gasteiger partial charge in [-0.05, 0) is 31.5 Å². The molecule has 0 unspecified atom stereocenters. The van der Waals surface area contributed by atoms with Gasteiger partial charge in [0.25, 0.3) is 0 Å². The molecule has 0 aliphatic heterocycles. The second-order valence-electron chi connectivity index (χ2n) is 4.44. The van der Waals surface area contributed by atoms with Gasteiger partial charge in [-0.15, -0.1) is 0 Å². The monoisotopic (exact) mass is 268 g/mol. The summed E-state index contributed by atoms with van der Waals surface area (Å²) in [5.74, 6) is 0.576. The van der Waals surface area contributed by atoms with Crippen LogP contribution in [-0.4, -0.2) is 17.1 Å². The van der Waals surface area contributed by atoms with Crippen molar-refractivity contribution in [1.82, 2.24) is 9.97 Å². The zero-order valence-electron chi connectivity index (χ0n) is 11.8. The van der Waals surface area contributed by atoms with Gasteiger partial charge in [0.05, 0.1) is 24.1 Å². The van der Waals surface area contributed by atoms with E-state index in [1.807, 2.05) is 32.0 Å². The van der Waals surface area contributed by atoms with Gasteiger partial charge < -0.3 is 10.1 Å². The first-order valence-corrected chi connectivity index (χ1v) is 6.25. The minimum Gasteiger partial charge on any atom is -0.481 e. The molecule has 0 aliphatic carbocycles. The van der Waals surface area contributed by atoms with Crippen LogP contribution in [0.25, 0.3) is 0 Å². The summed E-state index contributed by atoms with van der Waals surface area (Å²) in [6, 6.07) is 7.83. The van der Waals surface area contributed by atoms with Crippen molar-refractivity contribution >= 4 is 5.69 Å². The summed E-state index contributed by atoms with van der Waals surface area (Å²) >= 11 is 0. The number of pyridine rings is 2. The van der Waals surface area contributed by atoms with Crippen molar-refractivity contribution in [3.05, 3.63) is 46.9 Å². The fourth-order valence-corrected chi connectivity index (χ4v) is 1.98. The van der Waals surface area contributed by atoms with Crippen molar-refractivity contribution in [1.29, 1.82) is 5.26 Å². The Balaban J connectivity index is 2.20. The Morgan fingerprint density at radius 1 is 1.35 bits per heavy atom. The molecular weight excluding hydrogens is 252 g/mol. The van der Waals surface area contributed by atoms with Crippen LogP contribution in [0.3, 0.4) is 0 Å². The molecule has 0 atom stereocenters. The Morgan fingerprint density at radius 2 is 2.15 bits per heavy atom. The highest BCUT2D eigenvalue weighted by molar-refractivity contribution is 5.60. The number of nitrogens with one attached hydrogen (secondary N) is 1. The van der Waals surface area contributed by atoms with E-state index >= 15 is 0 Å². The maximum atomic E-state index is 9.21. The number of nitriles is 1. The van der Waals surface area contributed by atoms with Crippen LogP contribution in [0.15, 0.2) is 24.4 Å². The maximum absolute atomic E-state index is 9.21. The molecule has 0 fully saturated rings. The number of anilines is 1.